The van der Waals surface area contributed by atoms with Crippen molar-refractivity contribution >= 4 is 21.8 Å². The van der Waals surface area contributed by atoms with Crippen LogP contribution in [0.25, 0.3) is 21.8 Å². The van der Waals surface area contributed by atoms with Crippen LogP contribution >= 0.6 is 0 Å². The van der Waals surface area contributed by atoms with Gasteiger partial charge in [-0.25, -0.2) is 0 Å². The Balaban J connectivity index is 1.82. The van der Waals surface area contributed by atoms with Gasteiger partial charge in [0.15, 0.2) is 0 Å². The third kappa shape index (κ3) is 4.97. The van der Waals surface area contributed by atoms with E-state index in [9.17, 15) is 0 Å². The van der Waals surface area contributed by atoms with E-state index in [4.69, 9.17) is 9.47 Å². The number of aromatic nitrogens is 1. The maximum Gasteiger partial charge on any atom is 0.137 e. The molecule has 0 bridgehead atoms. The molecule has 28 heavy (non-hydrogen) atoms. The van der Waals surface area contributed by atoms with Crippen molar-refractivity contribution < 1.29 is 18.4 Å². The summed E-state index contributed by atoms with van der Waals surface area (Å²) in [6, 6.07) is 12.8. The maximum atomic E-state index is 5.99. The summed E-state index contributed by atoms with van der Waals surface area (Å²) in [7, 11) is 15.2. The average molecular weight is 386 g/mol. The summed E-state index contributed by atoms with van der Waals surface area (Å²) in [6.45, 7) is 3.37. The molecule has 0 unspecified atom stereocenters. The van der Waals surface area contributed by atoms with Crippen LogP contribution in [0.4, 0.5) is 0 Å². The predicted molar refractivity (Wildman–Crippen MR) is 117 cm³/mol. The van der Waals surface area contributed by atoms with E-state index in [0.717, 1.165) is 33.6 Å². The number of fused-ring (bicyclic) bond motifs is 3. The van der Waals surface area contributed by atoms with Crippen molar-refractivity contribution in [2.45, 2.75) is 0 Å². The largest absolute Gasteiger partial charge is 0.488 e. The Morgan fingerprint density at radius 2 is 1.07 bits per heavy atom. The van der Waals surface area contributed by atoms with Crippen LogP contribution in [-0.4, -0.2) is 82.1 Å². The molecule has 3 rings (SSSR count). The molecule has 0 N–H and O–H groups in total. The third-order valence-electron chi connectivity index (χ3n) is 5.01. The summed E-state index contributed by atoms with van der Waals surface area (Å²) in [5, 5.41) is 2.49. The van der Waals surface area contributed by atoms with Gasteiger partial charge >= 0.3 is 0 Å². The van der Waals surface area contributed by atoms with Crippen molar-refractivity contribution in [1.29, 1.82) is 0 Å². The number of nitrogens with zero attached hydrogens (tertiary/aromatic N) is 3. The quantitative estimate of drug-likeness (QED) is 0.554. The second-order valence-corrected chi connectivity index (χ2v) is 9.64. The highest BCUT2D eigenvalue weighted by Crippen LogP contribution is 2.32. The molecule has 1 heterocycles. The molecule has 5 heteroatoms. The molecule has 0 saturated heterocycles. The lowest BCUT2D eigenvalue weighted by Gasteiger charge is -2.23. The molecule has 0 atom stereocenters. The van der Waals surface area contributed by atoms with Crippen LogP contribution in [0.15, 0.2) is 36.4 Å². The molecule has 0 fully saturated rings. The Kier molecular flexibility index (Phi) is 5.60. The predicted octanol–water partition coefficient (Wildman–Crippen LogP) is 3.50. The molecule has 0 aliphatic heterocycles. The second kappa shape index (κ2) is 7.64. The number of rotatable bonds is 8. The van der Waals surface area contributed by atoms with Crippen molar-refractivity contribution in [2.75, 3.05) is 68.6 Å². The van der Waals surface area contributed by atoms with Gasteiger partial charge in [-0.2, -0.15) is 0 Å². The van der Waals surface area contributed by atoms with Crippen LogP contribution in [-0.2, 0) is 7.05 Å². The standard InChI is InChI=1S/C23H35N3O2/c1-24-22-16-18(27-14-12-25(2,3)4)8-10-20(22)21-11-9-19(17-23(21)24)28-15-13-26(5,6)7/h8-11,16-17H,12-15H2,1-7H3/q+2. The van der Waals surface area contributed by atoms with E-state index in [2.05, 4.69) is 90.3 Å². The van der Waals surface area contributed by atoms with Crippen molar-refractivity contribution in [3.8, 4) is 11.5 Å². The first-order chi connectivity index (χ1) is 13.0. The monoisotopic (exact) mass is 385 g/mol. The zero-order chi connectivity index (χ0) is 20.5. The third-order valence-corrected chi connectivity index (χ3v) is 5.01. The van der Waals surface area contributed by atoms with Gasteiger partial charge in [0.05, 0.1) is 53.3 Å². The van der Waals surface area contributed by atoms with E-state index in [1.807, 2.05) is 0 Å². The van der Waals surface area contributed by atoms with Gasteiger partial charge in [-0.05, 0) is 24.3 Å². The lowest BCUT2D eigenvalue weighted by molar-refractivity contribution is -0.870. The first-order valence-corrected chi connectivity index (χ1v) is 9.92. The van der Waals surface area contributed by atoms with Gasteiger partial charge in [0, 0.05) is 30.0 Å². The summed E-state index contributed by atoms with van der Waals surface area (Å²) in [5.74, 6) is 1.84. The van der Waals surface area contributed by atoms with Gasteiger partial charge in [-0.15, -0.1) is 0 Å². The van der Waals surface area contributed by atoms with Gasteiger partial charge in [0.2, 0.25) is 0 Å². The van der Waals surface area contributed by atoms with Gasteiger partial charge in [-0.3, -0.25) is 0 Å². The number of ether oxygens (including phenoxy) is 2. The van der Waals surface area contributed by atoms with E-state index in [-0.39, 0.29) is 0 Å². The topological polar surface area (TPSA) is 23.4 Å². The number of benzene rings is 2. The van der Waals surface area contributed by atoms with Gasteiger partial charge in [0.1, 0.15) is 37.8 Å². The number of quaternary nitrogens is 2. The molecule has 0 amide bonds. The number of likely N-dealkylation sites (N-methyl/N-ethyl adjacent to an activating group) is 2. The normalized spacial score (nSPS) is 12.7. The Morgan fingerprint density at radius 3 is 1.43 bits per heavy atom. The lowest BCUT2D eigenvalue weighted by Crippen LogP contribution is -2.38. The number of aryl methyl sites for hydroxylation is 1. The molecule has 0 radical (unpaired) electrons. The van der Waals surface area contributed by atoms with Crippen LogP contribution in [0.2, 0.25) is 0 Å². The molecular weight excluding hydrogens is 350 g/mol. The average Bonchev–Trinajstić information content (AvgIpc) is 2.85. The zero-order valence-corrected chi connectivity index (χ0v) is 18.5. The van der Waals surface area contributed by atoms with Crippen LogP contribution in [0.5, 0.6) is 11.5 Å². The number of hydrogen-bond acceptors (Lipinski definition) is 2. The van der Waals surface area contributed by atoms with E-state index in [1.54, 1.807) is 0 Å². The maximum absolute atomic E-state index is 5.99. The van der Waals surface area contributed by atoms with E-state index in [0.29, 0.717) is 13.2 Å². The number of hydrogen-bond donors (Lipinski definition) is 0. The fourth-order valence-corrected chi connectivity index (χ4v) is 3.22. The summed E-state index contributed by atoms with van der Waals surface area (Å²) >= 11 is 0. The molecule has 3 aromatic rings. The van der Waals surface area contributed by atoms with Crippen molar-refractivity contribution in [1.82, 2.24) is 4.57 Å². The van der Waals surface area contributed by atoms with Crippen molar-refractivity contribution in [3.63, 3.8) is 0 Å². The summed E-state index contributed by atoms with van der Waals surface area (Å²) in [4.78, 5) is 0. The fraction of sp³-hybridized carbons (Fsp3) is 0.478. The minimum absolute atomic E-state index is 0.712. The van der Waals surface area contributed by atoms with Crippen LogP contribution in [0.3, 0.4) is 0 Å². The van der Waals surface area contributed by atoms with E-state index < -0.39 is 0 Å². The van der Waals surface area contributed by atoms with Gasteiger partial charge in [-0.1, -0.05) is 0 Å². The van der Waals surface area contributed by atoms with Crippen molar-refractivity contribution in [3.05, 3.63) is 36.4 Å². The van der Waals surface area contributed by atoms with Gasteiger partial charge in [0.25, 0.3) is 0 Å². The molecule has 0 saturated carbocycles. The molecule has 0 aliphatic carbocycles. The highest BCUT2D eigenvalue weighted by atomic mass is 16.5. The summed E-state index contributed by atoms with van der Waals surface area (Å²) < 4.78 is 16.0. The molecular formula is C23H35N3O2+2. The summed E-state index contributed by atoms with van der Waals surface area (Å²) in [5.41, 5.74) is 2.36. The SMILES string of the molecule is Cn1c2cc(OCC[N+](C)(C)C)ccc2c2ccc(OCC[N+](C)(C)C)cc21. The highest BCUT2D eigenvalue weighted by molar-refractivity contribution is 6.08. The minimum atomic E-state index is 0.712. The fourth-order valence-electron chi connectivity index (χ4n) is 3.22. The molecule has 2 aromatic carbocycles. The molecule has 0 spiro atoms. The van der Waals surface area contributed by atoms with Gasteiger partial charge < -0.3 is 23.0 Å². The second-order valence-electron chi connectivity index (χ2n) is 9.64. The first-order valence-electron chi connectivity index (χ1n) is 9.92. The highest BCUT2D eigenvalue weighted by Gasteiger charge is 2.12. The van der Waals surface area contributed by atoms with E-state index in [1.165, 1.54) is 21.8 Å². The van der Waals surface area contributed by atoms with Crippen LogP contribution in [0.1, 0.15) is 0 Å². The molecule has 1 aromatic heterocycles. The zero-order valence-electron chi connectivity index (χ0n) is 18.5. The first kappa shape index (κ1) is 20.5. The Morgan fingerprint density at radius 1 is 0.679 bits per heavy atom. The minimum Gasteiger partial charge on any atom is -0.488 e. The van der Waals surface area contributed by atoms with E-state index >= 15 is 0 Å². The van der Waals surface area contributed by atoms with Crippen LogP contribution in [0, 0.1) is 0 Å². The Bertz CT molecular complexity index is 885. The molecule has 152 valence electrons. The van der Waals surface area contributed by atoms with Crippen molar-refractivity contribution in [2.24, 2.45) is 7.05 Å². The van der Waals surface area contributed by atoms with Crippen LogP contribution < -0.4 is 9.47 Å². The summed E-state index contributed by atoms with van der Waals surface area (Å²) in [6.07, 6.45) is 0. The Labute approximate surface area is 168 Å². The molecule has 0 aliphatic rings. The lowest BCUT2D eigenvalue weighted by atomic mass is 10.1. The molecule has 5 nitrogen and oxygen atoms in total. The Hall–Kier alpha value is -2.24. The smallest absolute Gasteiger partial charge is 0.137 e.